The minimum Gasteiger partial charge on any atom is -0.468 e. The number of rotatable bonds is 3. The fraction of sp³-hybridized carbons (Fsp3) is 0.714. The lowest BCUT2D eigenvalue weighted by atomic mass is 9.67. The van der Waals surface area contributed by atoms with Gasteiger partial charge < -0.3 is 4.74 Å². The molecule has 1 aromatic heterocycles. The van der Waals surface area contributed by atoms with Gasteiger partial charge in [0, 0.05) is 11.3 Å². The Hall–Kier alpha value is -0.900. The van der Waals surface area contributed by atoms with Crippen LogP contribution in [0.4, 0.5) is 0 Å². The number of nitrogens with zero attached hydrogens (tertiary/aromatic N) is 1. The van der Waals surface area contributed by atoms with Crippen LogP contribution in [0.3, 0.4) is 0 Å². The average Bonchev–Trinajstić information content (AvgIpc) is 2.97. The van der Waals surface area contributed by atoms with E-state index in [1.54, 1.807) is 11.3 Å². The quantitative estimate of drug-likeness (QED) is 0.786. The van der Waals surface area contributed by atoms with Gasteiger partial charge in [-0.05, 0) is 25.7 Å². The Morgan fingerprint density at radius 3 is 2.67 bits per heavy atom. The molecule has 0 aromatic carbocycles. The molecule has 2 aliphatic carbocycles. The van der Waals surface area contributed by atoms with Gasteiger partial charge in [-0.3, -0.25) is 4.79 Å². The minimum absolute atomic E-state index is 0.1000. The molecule has 0 spiro atoms. The smallest absolute Gasteiger partial charge is 0.317 e. The Bertz CT molecular complexity index is 444. The van der Waals surface area contributed by atoms with Crippen molar-refractivity contribution in [1.29, 1.82) is 0 Å². The second-order valence-corrected chi connectivity index (χ2v) is 6.37. The van der Waals surface area contributed by atoms with E-state index in [1.807, 2.05) is 0 Å². The van der Waals surface area contributed by atoms with Crippen LogP contribution in [-0.4, -0.2) is 18.1 Å². The SMILES string of the molecule is COC(=O)C1(c2csc(C3CCCC3)n2)CCC1. The summed E-state index contributed by atoms with van der Waals surface area (Å²) in [6, 6.07) is 0. The second kappa shape index (κ2) is 4.65. The van der Waals surface area contributed by atoms with Crippen LogP contribution < -0.4 is 0 Å². The highest BCUT2D eigenvalue weighted by atomic mass is 32.1. The summed E-state index contributed by atoms with van der Waals surface area (Å²) in [6.45, 7) is 0. The van der Waals surface area contributed by atoms with Crippen molar-refractivity contribution < 1.29 is 9.53 Å². The van der Waals surface area contributed by atoms with Gasteiger partial charge in [-0.25, -0.2) is 4.98 Å². The number of esters is 1. The van der Waals surface area contributed by atoms with Crippen LogP contribution in [0, 0.1) is 0 Å². The third-order valence-electron chi connectivity index (χ3n) is 4.50. The maximum atomic E-state index is 12.0. The summed E-state index contributed by atoms with van der Waals surface area (Å²) < 4.78 is 4.97. The summed E-state index contributed by atoms with van der Waals surface area (Å²) in [5.74, 6) is 0.538. The van der Waals surface area contributed by atoms with Gasteiger partial charge in [0.15, 0.2) is 0 Å². The molecule has 0 N–H and O–H groups in total. The normalized spacial score (nSPS) is 22.7. The molecule has 0 unspecified atom stereocenters. The van der Waals surface area contributed by atoms with Crippen LogP contribution in [0.25, 0.3) is 0 Å². The third-order valence-corrected chi connectivity index (χ3v) is 5.51. The van der Waals surface area contributed by atoms with Crippen LogP contribution in [0.2, 0.25) is 0 Å². The van der Waals surface area contributed by atoms with E-state index < -0.39 is 5.41 Å². The van der Waals surface area contributed by atoms with E-state index in [0.717, 1.165) is 25.0 Å². The number of ether oxygens (including phenoxy) is 1. The zero-order valence-electron chi connectivity index (χ0n) is 10.8. The number of carbonyl (C=O) groups is 1. The van der Waals surface area contributed by atoms with E-state index in [2.05, 4.69) is 5.38 Å². The zero-order valence-corrected chi connectivity index (χ0v) is 11.6. The molecular formula is C14H19NO2S. The fourth-order valence-corrected chi connectivity index (χ4v) is 4.25. The van der Waals surface area contributed by atoms with Gasteiger partial charge in [0.2, 0.25) is 0 Å². The lowest BCUT2D eigenvalue weighted by Crippen LogP contribution is -2.43. The Kier molecular flexibility index (Phi) is 3.14. The van der Waals surface area contributed by atoms with Crippen molar-refractivity contribution in [2.45, 2.75) is 56.3 Å². The lowest BCUT2D eigenvalue weighted by Gasteiger charge is -2.37. The van der Waals surface area contributed by atoms with Crippen LogP contribution in [0.1, 0.15) is 61.6 Å². The van der Waals surface area contributed by atoms with Gasteiger partial charge >= 0.3 is 5.97 Å². The first-order valence-corrected chi connectivity index (χ1v) is 7.68. The molecule has 1 aromatic rings. The molecule has 2 fully saturated rings. The molecule has 2 aliphatic rings. The number of aromatic nitrogens is 1. The van der Waals surface area contributed by atoms with Gasteiger partial charge in [0.05, 0.1) is 17.8 Å². The van der Waals surface area contributed by atoms with E-state index in [-0.39, 0.29) is 5.97 Å². The highest BCUT2D eigenvalue weighted by molar-refractivity contribution is 7.09. The molecule has 0 bridgehead atoms. The first-order chi connectivity index (χ1) is 8.76. The van der Waals surface area contributed by atoms with Gasteiger partial charge in [0.1, 0.15) is 5.41 Å². The summed E-state index contributed by atoms with van der Waals surface area (Å²) in [4.78, 5) is 16.8. The molecule has 0 radical (unpaired) electrons. The molecule has 98 valence electrons. The number of methoxy groups -OCH3 is 1. The Morgan fingerprint density at radius 1 is 1.39 bits per heavy atom. The minimum atomic E-state index is -0.415. The molecule has 2 saturated carbocycles. The Morgan fingerprint density at radius 2 is 2.11 bits per heavy atom. The summed E-state index contributed by atoms with van der Waals surface area (Å²) in [7, 11) is 1.48. The predicted molar refractivity (Wildman–Crippen MR) is 70.9 cm³/mol. The first kappa shape index (κ1) is 12.2. The van der Waals surface area contributed by atoms with Crippen LogP contribution >= 0.6 is 11.3 Å². The molecular weight excluding hydrogens is 246 g/mol. The number of hydrogen-bond donors (Lipinski definition) is 0. The summed E-state index contributed by atoms with van der Waals surface area (Å²) in [5, 5.41) is 3.32. The fourth-order valence-electron chi connectivity index (χ4n) is 3.16. The van der Waals surface area contributed by atoms with Gasteiger partial charge in [0.25, 0.3) is 0 Å². The molecule has 0 aliphatic heterocycles. The van der Waals surface area contributed by atoms with E-state index in [0.29, 0.717) is 5.92 Å². The Balaban J connectivity index is 1.85. The zero-order chi connectivity index (χ0) is 12.6. The molecule has 0 amide bonds. The summed E-state index contributed by atoms with van der Waals surface area (Å²) in [6.07, 6.45) is 8.06. The lowest BCUT2D eigenvalue weighted by molar-refractivity contribution is -0.151. The average molecular weight is 265 g/mol. The van der Waals surface area contributed by atoms with E-state index in [4.69, 9.17) is 9.72 Å². The van der Waals surface area contributed by atoms with E-state index >= 15 is 0 Å². The van der Waals surface area contributed by atoms with Crippen molar-refractivity contribution >= 4 is 17.3 Å². The van der Waals surface area contributed by atoms with Crippen molar-refractivity contribution in [2.75, 3.05) is 7.11 Å². The van der Waals surface area contributed by atoms with Crippen molar-refractivity contribution in [3.63, 3.8) is 0 Å². The second-order valence-electron chi connectivity index (χ2n) is 5.48. The van der Waals surface area contributed by atoms with Gasteiger partial charge in [-0.15, -0.1) is 11.3 Å². The monoisotopic (exact) mass is 265 g/mol. The highest BCUT2D eigenvalue weighted by Gasteiger charge is 2.48. The molecule has 18 heavy (non-hydrogen) atoms. The molecule has 0 atom stereocenters. The van der Waals surface area contributed by atoms with Crippen molar-refractivity contribution in [1.82, 2.24) is 4.98 Å². The van der Waals surface area contributed by atoms with Crippen molar-refractivity contribution in [2.24, 2.45) is 0 Å². The largest absolute Gasteiger partial charge is 0.468 e. The van der Waals surface area contributed by atoms with Crippen molar-refractivity contribution in [3.05, 3.63) is 16.1 Å². The predicted octanol–water partition coefficient (Wildman–Crippen LogP) is 3.40. The molecule has 4 heteroatoms. The number of thiazole rings is 1. The van der Waals surface area contributed by atoms with Crippen LogP contribution in [0.15, 0.2) is 5.38 Å². The van der Waals surface area contributed by atoms with Gasteiger partial charge in [-0.2, -0.15) is 0 Å². The summed E-state index contributed by atoms with van der Waals surface area (Å²) in [5.41, 5.74) is 0.551. The Labute approximate surface area is 112 Å². The third kappa shape index (κ3) is 1.78. The molecule has 3 nitrogen and oxygen atoms in total. The maximum absolute atomic E-state index is 12.0. The molecule has 3 rings (SSSR count). The molecule has 1 heterocycles. The van der Waals surface area contributed by atoms with Crippen LogP contribution in [0.5, 0.6) is 0 Å². The van der Waals surface area contributed by atoms with Crippen molar-refractivity contribution in [3.8, 4) is 0 Å². The topological polar surface area (TPSA) is 39.2 Å². The number of carbonyl (C=O) groups excluding carboxylic acids is 1. The number of hydrogen-bond acceptors (Lipinski definition) is 4. The standard InChI is InChI=1S/C14H19NO2S/c1-17-13(16)14(7-4-8-14)11-9-18-12(15-11)10-5-2-3-6-10/h9-10H,2-8H2,1H3. The van der Waals surface area contributed by atoms with Gasteiger partial charge in [-0.1, -0.05) is 19.3 Å². The molecule has 0 saturated heterocycles. The van der Waals surface area contributed by atoms with E-state index in [1.165, 1.54) is 37.8 Å². The van der Waals surface area contributed by atoms with E-state index in [9.17, 15) is 4.79 Å². The summed E-state index contributed by atoms with van der Waals surface area (Å²) >= 11 is 1.73. The highest BCUT2D eigenvalue weighted by Crippen LogP contribution is 2.46. The maximum Gasteiger partial charge on any atom is 0.317 e. The first-order valence-electron chi connectivity index (χ1n) is 6.80. The van der Waals surface area contributed by atoms with Crippen LogP contribution in [-0.2, 0) is 14.9 Å².